The molecule has 3 aromatic carbocycles. The van der Waals surface area contributed by atoms with Crippen molar-refractivity contribution in [1.29, 1.82) is 0 Å². The van der Waals surface area contributed by atoms with Crippen LogP contribution in [0.5, 0.6) is 5.75 Å². The molecule has 3 nitrogen and oxygen atoms in total. The van der Waals surface area contributed by atoms with E-state index in [9.17, 15) is 4.79 Å². The quantitative estimate of drug-likeness (QED) is 0.0848. The Bertz CT molecular complexity index is 1380. The summed E-state index contributed by atoms with van der Waals surface area (Å²) in [5.74, 6) is 0.673. The van der Waals surface area contributed by atoms with Crippen molar-refractivity contribution in [1.82, 2.24) is 0 Å². The van der Waals surface area contributed by atoms with Gasteiger partial charge in [0.15, 0.2) is 0 Å². The maximum Gasteiger partial charge on any atom is 0.343 e. The smallest absolute Gasteiger partial charge is 0.343 e. The average molecular weight is 552 g/mol. The molecule has 0 saturated carbocycles. The van der Waals surface area contributed by atoms with Crippen molar-refractivity contribution in [3.63, 3.8) is 0 Å². The Morgan fingerprint density at radius 2 is 1.44 bits per heavy atom. The summed E-state index contributed by atoms with van der Waals surface area (Å²) in [6.07, 6.45) is 11.2. The third-order valence-electron chi connectivity index (χ3n) is 9.64. The molecule has 3 heteroatoms. The SMILES string of the molecule is CCCCCCCCc1cc2c(cc1C(C)=Cc1ccc(C(=O)Oc3ccc(N)cc3)cc1)C(C)(C)C(C)C2(C)C. The highest BCUT2D eigenvalue weighted by Crippen LogP contribution is 2.54. The van der Waals surface area contributed by atoms with Gasteiger partial charge in [-0.25, -0.2) is 4.79 Å². The van der Waals surface area contributed by atoms with Gasteiger partial charge < -0.3 is 10.5 Å². The molecule has 3 aromatic rings. The summed E-state index contributed by atoms with van der Waals surface area (Å²) in [5.41, 5.74) is 15.4. The molecule has 2 N–H and O–H groups in total. The molecule has 0 bridgehead atoms. The largest absolute Gasteiger partial charge is 0.423 e. The van der Waals surface area contributed by atoms with Crippen LogP contribution in [0.25, 0.3) is 11.6 Å². The van der Waals surface area contributed by atoms with Gasteiger partial charge in [0.1, 0.15) is 5.75 Å². The predicted octanol–water partition coefficient (Wildman–Crippen LogP) is 10.2. The topological polar surface area (TPSA) is 52.3 Å². The fraction of sp³-hybridized carbons (Fsp3) is 0.447. The fourth-order valence-electron chi connectivity index (χ4n) is 6.49. The predicted molar refractivity (Wildman–Crippen MR) is 175 cm³/mol. The van der Waals surface area contributed by atoms with Crippen LogP contribution in [0.2, 0.25) is 0 Å². The summed E-state index contributed by atoms with van der Waals surface area (Å²) in [7, 11) is 0. The van der Waals surface area contributed by atoms with Crippen LogP contribution in [0.1, 0.15) is 125 Å². The number of ether oxygens (including phenoxy) is 1. The van der Waals surface area contributed by atoms with E-state index in [-0.39, 0.29) is 16.8 Å². The second-order valence-electron chi connectivity index (χ2n) is 13.1. The summed E-state index contributed by atoms with van der Waals surface area (Å²) in [4.78, 5) is 12.7. The Balaban J connectivity index is 1.59. The molecular formula is C38H49NO2. The number of aryl methyl sites for hydroxylation is 1. The van der Waals surface area contributed by atoms with E-state index in [0.29, 0.717) is 22.9 Å². The number of nitrogen functional groups attached to an aromatic ring is 1. The molecule has 4 rings (SSSR count). The van der Waals surface area contributed by atoms with E-state index in [0.717, 1.165) is 12.0 Å². The Kier molecular flexibility index (Phi) is 9.47. The minimum Gasteiger partial charge on any atom is -0.423 e. The third-order valence-corrected chi connectivity index (χ3v) is 9.64. The van der Waals surface area contributed by atoms with Crippen molar-refractivity contribution in [3.8, 4) is 5.75 Å². The van der Waals surface area contributed by atoms with Crippen LogP contribution in [-0.2, 0) is 17.3 Å². The van der Waals surface area contributed by atoms with Crippen LogP contribution in [0, 0.1) is 5.92 Å². The molecule has 0 fully saturated rings. The molecule has 1 unspecified atom stereocenters. The number of allylic oxidation sites excluding steroid dienone is 1. The van der Waals surface area contributed by atoms with E-state index in [1.165, 1.54) is 66.4 Å². The van der Waals surface area contributed by atoms with E-state index < -0.39 is 0 Å². The van der Waals surface area contributed by atoms with Gasteiger partial charge in [0.25, 0.3) is 0 Å². The van der Waals surface area contributed by atoms with Gasteiger partial charge in [0.05, 0.1) is 5.56 Å². The van der Waals surface area contributed by atoms with Crippen molar-refractivity contribution < 1.29 is 9.53 Å². The lowest BCUT2D eigenvalue weighted by atomic mass is 9.71. The van der Waals surface area contributed by atoms with Crippen LogP contribution in [-0.4, -0.2) is 5.97 Å². The number of esters is 1. The number of fused-ring (bicyclic) bond motifs is 1. The van der Waals surface area contributed by atoms with Crippen molar-refractivity contribution in [3.05, 3.63) is 94.0 Å². The van der Waals surface area contributed by atoms with Crippen LogP contribution in [0.4, 0.5) is 5.69 Å². The normalized spacial score (nSPS) is 17.3. The van der Waals surface area contributed by atoms with Gasteiger partial charge in [-0.2, -0.15) is 0 Å². The van der Waals surface area contributed by atoms with E-state index in [4.69, 9.17) is 10.5 Å². The number of hydrogen-bond acceptors (Lipinski definition) is 3. The van der Waals surface area contributed by atoms with Crippen LogP contribution in [0.15, 0.2) is 60.7 Å². The lowest BCUT2D eigenvalue weighted by Gasteiger charge is -2.32. The summed E-state index contributed by atoms with van der Waals surface area (Å²) in [6, 6.07) is 19.6. The Hall–Kier alpha value is -3.33. The summed E-state index contributed by atoms with van der Waals surface area (Å²) >= 11 is 0. The van der Waals surface area contributed by atoms with Gasteiger partial charge in [0.2, 0.25) is 0 Å². The van der Waals surface area contributed by atoms with Crippen LogP contribution in [0.3, 0.4) is 0 Å². The first-order valence-electron chi connectivity index (χ1n) is 15.5. The van der Waals surface area contributed by atoms with Crippen molar-refractivity contribution in [2.24, 2.45) is 5.92 Å². The van der Waals surface area contributed by atoms with Gasteiger partial charge in [-0.1, -0.05) is 104 Å². The molecule has 41 heavy (non-hydrogen) atoms. The minimum atomic E-state index is -0.374. The second-order valence-corrected chi connectivity index (χ2v) is 13.1. The number of nitrogens with two attached hydrogens (primary N) is 1. The van der Waals surface area contributed by atoms with Crippen molar-refractivity contribution in [2.75, 3.05) is 5.73 Å². The Morgan fingerprint density at radius 3 is 2.07 bits per heavy atom. The lowest BCUT2D eigenvalue weighted by Crippen LogP contribution is -2.30. The monoisotopic (exact) mass is 551 g/mol. The molecule has 0 amide bonds. The minimum absolute atomic E-state index is 0.124. The van der Waals surface area contributed by atoms with Crippen LogP contribution < -0.4 is 10.5 Å². The molecule has 218 valence electrons. The average Bonchev–Trinajstić information content (AvgIpc) is 3.08. The maximum atomic E-state index is 12.7. The van der Waals surface area contributed by atoms with Gasteiger partial charge in [-0.15, -0.1) is 0 Å². The molecule has 1 aliphatic carbocycles. The molecule has 1 atom stereocenters. The zero-order valence-corrected chi connectivity index (χ0v) is 26.3. The molecule has 1 aliphatic rings. The first kappa shape index (κ1) is 30.6. The maximum absolute atomic E-state index is 12.7. The number of unbranched alkanes of at least 4 members (excludes halogenated alkanes) is 5. The van der Waals surface area contributed by atoms with E-state index in [1.807, 2.05) is 24.3 Å². The van der Waals surface area contributed by atoms with Crippen molar-refractivity contribution in [2.45, 2.75) is 104 Å². The zero-order chi connectivity index (χ0) is 29.8. The molecule has 0 saturated heterocycles. The number of carbonyl (C=O) groups excluding carboxylic acids is 1. The molecule has 0 aliphatic heterocycles. The molecular weight excluding hydrogens is 502 g/mol. The first-order valence-corrected chi connectivity index (χ1v) is 15.5. The van der Waals surface area contributed by atoms with Crippen molar-refractivity contribution >= 4 is 23.3 Å². The molecule has 0 radical (unpaired) electrons. The van der Waals surface area contributed by atoms with Gasteiger partial charge >= 0.3 is 5.97 Å². The van der Waals surface area contributed by atoms with Gasteiger partial charge in [0, 0.05) is 5.69 Å². The van der Waals surface area contributed by atoms with E-state index in [1.54, 1.807) is 24.3 Å². The Labute approximate surface area is 248 Å². The number of rotatable bonds is 11. The molecule has 0 heterocycles. The number of anilines is 1. The highest BCUT2D eigenvalue weighted by atomic mass is 16.5. The standard InChI is InChI=1S/C38H49NO2/c1-8-9-10-11-12-13-14-30-24-34-35(38(6,7)27(3)37(34,4)5)25-33(30)26(2)23-28-15-17-29(18-16-28)36(40)41-32-21-19-31(39)20-22-32/h15-25,27H,8-14,39H2,1-7H3. The van der Waals surface area contributed by atoms with E-state index in [2.05, 4.69) is 66.7 Å². The summed E-state index contributed by atoms with van der Waals surface area (Å²) in [5, 5.41) is 0. The zero-order valence-electron chi connectivity index (χ0n) is 26.3. The highest BCUT2D eigenvalue weighted by Gasteiger charge is 2.48. The second kappa shape index (κ2) is 12.7. The number of carbonyl (C=O) groups is 1. The van der Waals surface area contributed by atoms with Crippen LogP contribution >= 0.6 is 0 Å². The Morgan fingerprint density at radius 1 is 0.854 bits per heavy atom. The van der Waals surface area contributed by atoms with E-state index >= 15 is 0 Å². The number of hydrogen-bond donors (Lipinski definition) is 1. The summed E-state index contributed by atoms with van der Waals surface area (Å²) < 4.78 is 5.51. The number of benzene rings is 3. The third kappa shape index (κ3) is 6.77. The molecule has 0 spiro atoms. The summed E-state index contributed by atoms with van der Waals surface area (Å²) in [6.45, 7) is 16.6. The first-order chi connectivity index (χ1) is 19.4. The fourth-order valence-corrected chi connectivity index (χ4v) is 6.49. The lowest BCUT2D eigenvalue weighted by molar-refractivity contribution is 0.0734. The van der Waals surface area contributed by atoms with Gasteiger partial charge in [-0.05, 0) is 106 Å². The molecule has 0 aromatic heterocycles. The van der Waals surface area contributed by atoms with Gasteiger partial charge in [-0.3, -0.25) is 0 Å². The highest BCUT2D eigenvalue weighted by molar-refractivity contribution is 5.91.